The quantitative estimate of drug-likeness (QED) is 0.742. The molecule has 1 aliphatic rings. The van der Waals surface area contributed by atoms with E-state index in [1.807, 2.05) is 0 Å². The van der Waals surface area contributed by atoms with E-state index in [0.29, 0.717) is 26.2 Å². The fraction of sp³-hybridized carbons (Fsp3) is 0.571. The Hall–Kier alpha value is -0.900. The average Bonchev–Trinajstić information content (AvgIpc) is 2.44. The van der Waals surface area contributed by atoms with E-state index in [9.17, 15) is 26.3 Å². The van der Waals surface area contributed by atoms with E-state index < -0.39 is 30.8 Å². The van der Waals surface area contributed by atoms with Crippen molar-refractivity contribution in [2.75, 3.05) is 26.2 Å². The van der Waals surface area contributed by atoms with E-state index >= 15 is 0 Å². The van der Waals surface area contributed by atoms with E-state index in [4.69, 9.17) is 0 Å². The molecule has 0 bridgehead atoms. The molecule has 0 unspecified atom stereocenters. The minimum absolute atomic E-state index is 0. The molecule has 25 heavy (non-hydrogen) atoms. The standard InChI is InChI=1S/C14H16F6N2O.2ClH/c15-13(16,17)9-11(22-7-5-21-6-8-22)10-3-1-2-4-12(10)23-14(18,19)20;;/h1-4,11,21H,5-9H2;2*1H/t11-;;/m1../s1. The molecule has 1 saturated heterocycles. The summed E-state index contributed by atoms with van der Waals surface area (Å²) in [5.74, 6) is -0.590. The van der Waals surface area contributed by atoms with Gasteiger partial charge in [-0.05, 0) is 6.07 Å². The molecule has 1 aliphatic heterocycles. The van der Waals surface area contributed by atoms with Gasteiger partial charge in [0.25, 0.3) is 0 Å². The lowest BCUT2D eigenvalue weighted by Crippen LogP contribution is -2.46. The van der Waals surface area contributed by atoms with Crippen LogP contribution in [0.15, 0.2) is 24.3 Å². The molecule has 1 heterocycles. The van der Waals surface area contributed by atoms with E-state index in [2.05, 4.69) is 10.1 Å². The van der Waals surface area contributed by atoms with Crippen molar-refractivity contribution >= 4 is 24.8 Å². The van der Waals surface area contributed by atoms with Crippen LogP contribution < -0.4 is 10.1 Å². The van der Waals surface area contributed by atoms with Crippen LogP contribution in [0.25, 0.3) is 0 Å². The van der Waals surface area contributed by atoms with Crippen molar-refractivity contribution in [3.8, 4) is 5.75 Å². The summed E-state index contributed by atoms with van der Waals surface area (Å²) < 4.78 is 80.1. The van der Waals surface area contributed by atoms with Crippen LogP contribution in [0.2, 0.25) is 0 Å². The van der Waals surface area contributed by atoms with Gasteiger partial charge in [0.15, 0.2) is 0 Å². The zero-order chi connectivity index (χ0) is 17.1. The van der Waals surface area contributed by atoms with Crippen molar-refractivity contribution in [3.05, 3.63) is 29.8 Å². The lowest BCUT2D eigenvalue weighted by molar-refractivity contribution is -0.275. The number of nitrogens with one attached hydrogen (secondary N) is 1. The number of hydrogen-bond donors (Lipinski definition) is 1. The Kier molecular flexibility index (Phi) is 9.35. The molecule has 0 spiro atoms. The number of para-hydroxylation sites is 1. The summed E-state index contributed by atoms with van der Waals surface area (Å²) >= 11 is 0. The van der Waals surface area contributed by atoms with Crippen molar-refractivity contribution < 1.29 is 31.1 Å². The normalized spacial score (nSPS) is 17.2. The molecule has 1 fully saturated rings. The summed E-state index contributed by atoms with van der Waals surface area (Å²) in [5.41, 5.74) is -0.107. The SMILES string of the molecule is Cl.Cl.FC(F)(F)C[C@H](c1ccccc1OC(F)(F)F)N1CCNCC1. The molecule has 0 amide bonds. The summed E-state index contributed by atoms with van der Waals surface area (Å²) in [6, 6.07) is 3.78. The van der Waals surface area contributed by atoms with E-state index in [-0.39, 0.29) is 30.4 Å². The average molecular weight is 415 g/mol. The monoisotopic (exact) mass is 414 g/mol. The minimum atomic E-state index is -4.96. The van der Waals surface area contributed by atoms with E-state index in [1.54, 1.807) is 0 Å². The van der Waals surface area contributed by atoms with Gasteiger partial charge in [0.2, 0.25) is 0 Å². The van der Waals surface area contributed by atoms with Gasteiger partial charge in [-0.1, -0.05) is 18.2 Å². The summed E-state index contributed by atoms with van der Waals surface area (Å²) in [6.45, 7) is 1.61. The van der Waals surface area contributed by atoms with Crippen molar-refractivity contribution in [2.24, 2.45) is 0 Å². The van der Waals surface area contributed by atoms with Crippen molar-refractivity contribution in [1.82, 2.24) is 10.2 Å². The number of hydrogen-bond acceptors (Lipinski definition) is 3. The first-order valence-electron chi connectivity index (χ1n) is 7.02. The maximum Gasteiger partial charge on any atom is 0.573 e. The highest BCUT2D eigenvalue weighted by Crippen LogP contribution is 2.39. The maximum atomic E-state index is 12.9. The molecule has 11 heteroatoms. The Bertz CT molecular complexity index is 521. The largest absolute Gasteiger partial charge is 0.573 e. The highest BCUT2D eigenvalue weighted by Gasteiger charge is 2.39. The Balaban J connectivity index is 0.00000288. The fourth-order valence-corrected chi connectivity index (χ4v) is 2.62. The van der Waals surface area contributed by atoms with E-state index in [0.717, 1.165) is 6.07 Å². The second kappa shape index (κ2) is 9.70. The lowest BCUT2D eigenvalue weighted by atomic mass is 9.99. The molecule has 1 atom stereocenters. The van der Waals surface area contributed by atoms with Gasteiger partial charge < -0.3 is 10.1 Å². The summed E-state index contributed by atoms with van der Waals surface area (Å²) in [7, 11) is 0. The summed E-state index contributed by atoms with van der Waals surface area (Å²) in [5, 5.41) is 3.00. The lowest BCUT2D eigenvalue weighted by Gasteiger charge is -2.36. The molecular formula is C14H18Cl2F6N2O. The summed E-state index contributed by atoms with van der Waals surface area (Å²) in [6.07, 6.45) is -10.7. The molecule has 146 valence electrons. The van der Waals surface area contributed by atoms with Gasteiger partial charge in [-0.25, -0.2) is 0 Å². The van der Waals surface area contributed by atoms with Gasteiger partial charge in [0.05, 0.1) is 6.42 Å². The Labute approximate surface area is 153 Å². The smallest absolute Gasteiger partial charge is 0.405 e. The molecule has 3 nitrogen and oxygen atoms in total. The highest BCUT2D eigenvalue weighted by atomic mass is 35.5. The predicted octanol–water partition coefficient (Wildman–Crippen LogP) is 4.33. The predicted molar refractivity (Wildman–Crippen MR) is 85.5 cm³/mol. The van der Waals surface area contributed by atoms with Gasteiger partial charge in [0, 0.05) is 37.8 Å². The topological polar surface area (TPSA) is 24.5 Å². The first kappa shape index (κ1) is 24.1. The third-order valence-corrected chi connectivity index (χ3v) is 3.52. The Morgan fingerprint density at radius 3 is 2.08 bits per heavy atom. The number of rotatable bonds is 4. The number of piperazine rings is 1. The molecule has 1 aromatic carbocycles. The van der Waals surface area contributed by atoms with Gasteiger partial charge >= 0.3 is 12.5 Å². The molecule has 0 aromatic heterocycles. The van der Waals surface area contributed by atoms with Crippen molar-refractivity contribution in [2.45, 2.75) is 25.0 Å². The molecule has 1 N–H and O–H groups in total. The van der Waals surface area contributed by atoms with Crippen LogP contribution in [-0.4, -0.2) is 43.6 Å². The first-order valence-corrected chi connectivity index (χ1v) is 7.02. The molecular weight excluding hydrogens is 397 g/mol. The third kappa shape index (κ3) is 7.89. The molecule has 1 aromatic rings. The number of ether oxygens (including phenoxy) is 1. The second-order valence-corrected chi connectivity index (χ2v) is 5.21. The second-order valence-electron chi connectivity index (χ2n) is 5.21. The number of benzene rings is 1. The molecule has 0 radical (unpaired) electrons. The molecule has 0 aliphatic carbocycles. The van der Waals surface area contributed by atoms with Crippen molar-refractivity contribution in [3.63, 3.8) is 0 Å². The van der Waals surface area contributed by atoms with Crippen LogP contribution in [0.1, 0.15) is 18.0 Å². The summed E-state index contributed by atoms with van der Waals surface area (Å²) in [4.78, 5) is 1.53. The molecule has 0 saturated carbocycles. The number of halogens is 8. The van der Waals surface area contributed by atoms with Crippen LogP contribution in [0.4, 0.5) is 26.3 Å². The van der Waals surface area contributed by atoms with Crippen LogP contribution in [0.3, 0.4) is 0 Å². The van der Waals surface area contributed by atoms with Crippen LogP contribution in [-0.2, 0) is 0 Å². The number of nitrogens with zero attached hydrogens (tertiary/aromatic N) is 1. The Morgan fingerprint density at radius 1 is 1.00 bits per heavy atom. The Morgan fingerprint density at radius 2 is 1.56 bits per heavy atom. The first-order chi connectivity index (χ1) is 10.7. The van der Waals surface area contributed by atoms with Gasteiger partial charge in [0.1, 0.15) is 5.75 Å². The van der Waals surface area contributed by atoms with Crippen molar-refractivity contribution in [1.29, 1.82) is 0 Å². The van der Waals surface area contributed by atoms with Crippen LogP contribution >= 0.6 is 24.8 Å². The highest BCUT2D eigenvalue weighted by molar-refractivity contribution is 5.85. The van der Waals surface area contributed by atoms with Gasteiger partial charge in [-0.2, -0.15) is 13.2 Å². The van der Waals surface area contributed by atoms with Gasteiger partial charge in [-0.15, -0.1) is 38.0 Å². The third-order valence-electron chi connectivity index (χ3n) is 3.52. The maximum absolute atomic E-state index is 12.9. The minimum Gasteiger partial charge on any atom is -0.405 e. The molecule has 2 rings (SSSR count). The number of alkyl halides is 6. The van der Waals surface area contributed by atoms with E-state index in [1.165, 1.54) is 23.1 Å². The van der Waals surface area contributed by atoms with Gasteiger partial charge in [-0.3, -0.25) is 4.90 Å². The van der Waals surface area contributed by atoms with Crippen LogP contribution in [0.5, 0.6) is 5.75 Å². The zero-order valence-corrected chi connectivity index (χ0v) is 14.5. The fourth-order valence-electron chi connectivity index (χ4n) is 2.62. The zero-order valence-electron chi connectivity index (χ0n) is 12.9. The van der Waals surface area contributed by atoms with Crippen LogP contribution in [0, 0.1) is 0 Å².